The van der Waals surface area contributed by atoms with Crippen LogP contribution in [0.3, 0.4) is 0 Å². The van der Waals surface area contributed by atoms with E-state index in [1.807, 2.05) is 6.07 Å². The molecule has 1 aliphatic heterocycles. The number of para-hydroxylation sites is 1. The zero-order chi connectivity index (χ0) is 14.7. The van der Waals surface area contributed by atoms with Crippen molar-refractivity contribution < 1.29 is 9.90 Å². The van der Waals surface area contributed by atoms with E-state index in [2.05, 4.69) is 23.1 Å². The molecular weight excluding hydrogens is 262 g/mol. The average molecular weight is 281 g/mol. The fraction of sp³-hybridized carbons (Fsp3) is 0.278. The summed E-state index contributed by atoms with van der Waals surface area (Å²) in [5.74, 6) is 0.276. The van der Waals surface area contributed by atoms with Crippen LogP contribution in [0.1, 0.15) is 28.8 Å². The summed E-state index contributed by atoms with van der Waals surface area (Å²) in [7, 11) is 0. The maximum absolute atomic E-state index is 12.4. The molecule has 0 radical (unpaired) electrons. The molecule has 0 amide bonds. The number of hydrogen-bond acceptors (Lipinski definition) is 3. The van der Waals surface area contributed by atoms with Crippen molar-refractivity contribution in [3.05, 3.63) is 59.7 Å². The lowest BCUT2D eigenvalue weighted by molar-refractivity contribution is 0.0999. The quantitative estimate of drug-likeness (QED) is 0.876. The summed E-state index contributed by atoms with van der Waals surface area (Å²) in [4.78, 5) is 14.6. The van der Waals surface area contributed by atoms with Gasteiger partial charge >= 0.3 is 0 Å². The average Bonchev–Trinajstić information content (AvgIpc) is 2.71. The number of nitrogens with zero attached hydrogens (tertiary/aromatic N) is 1. The lowest BCUT2D eigenvalue weighted by atomic mass is 10.1. The van der Waals surface area contributed by atoms with Crippen molar-refractivity contribution in [2.45, 2.75) is 19.3 Å². The maximum Gasteiger partial charge on any atom is 0.182 e. The van der Waals surface area contributed by atoms with Crippen LogP contribution in [0.5, 0.6) is 5.75 Å². The number of aryl methyl sites for hydroxylation is 1. The molecule has 108 valence electrons. The second-order valence-corrected chi connectivity index (χ2v) is 5.48. The predicted molar refractivity (Wildman–Crippen MR) is 84.0 cm³/mol. The highest BCUT2D eigenvalue weighted by atomic mass is 16.3. The highest BCUT2D eigenvalue weighted by molar-refractivity contribution is 5.99. The molecule has 0 spiro atoms. The SMILES string of the molecule is O=C(CN1CCCCc2ccccc21)c1ccc(O)cc1. The fourth-order valence-corrected chi connectivity index (χ4v) is 2.85. The summed E-state index contributed by atoms with van der Waals surface area (Å²) < 4.78 is 0. The van der Waals surface area contributed by atoms with Gasteiger partial charge in [0.2, 0.25) is 0 Å². The molecule has 1 aliphatic rings. The molecule has 2 aromatic rings. The molecule has 0 aromatic heterocycles. The number of ketones is 1. The van der Waals surface area contributed by atoms with E-state index in [1.165, 1.54) is 17.7 Å². The summed E-state index contributed by atoms with van der Waals surface area (Å²) in [6.07, 6.45) is 3.36. The summed E-state index contributed by atoms with van der Waals surface area (Å²) in [6.45, 7) is 1.31. The van der Waals surface area contributed by atoms with Crippen molar-refractivity contribution in [3.63, 3.8) is 0 Å². The minimum atomic E-state index is 0.0895. The van der Waals surface area contributed by atoms with E-state index in [9.17, 15) is 9.90 Å². The number of benzene rings is 2. The van der Waals surface area contributed by atoms with Gasteiger partial charge in [-0.05, 0) is 55.2 Å². The molecule has 0 atom stereocenters. The summed E-state index contributed by atoms with van der Waals surface area (Å²) >= 11 is 0. The Hall–Kier alpha value is -2.29. The number of carbonyl (C=O) groups excluding carboxylic acids is 1. The van der Waals surface area contributed by atoms with Gasteiger partial charge in [0.1, 0.15) is 5.75 Å². The van der Waals surface area contributed by atoms with Crippen LogP contribution in [0.25, 0.3) is 0 Å². The van der Waals surface area contributed by atoms with Crippen molar-refractivity contribution in [2.24, 2.45) is 0 Å². The Morgan fingerprint density at radius 3 is 2.62 bits per heavy atom. The van der Waals surface area contributed by atoms with Crippen molar-refractivity contribution in [3.8, 4) is 5.75 Å². The van der Waals surface area contributed by atoms with E-state index in [0.717, 1.165) is 19.4 Å². The number of rotatable bonds is 3. The van der Waals surface area contributed by atoms with Crippen LogP contribution in [0, 0.1) is 0 Å². The zero-order valence-electron chi connectivity index (χ0n) is 12.0. The lowest BCUT2D eigenvalue weighted by Gasteiger charge is -2.24. The lowest BCUT2D eigenvalue weighted by Crippen LogP contribution is -2.30. The van der Waals surface area contributed by atoms with Gasteiger partial charge in [0.15, 0.2) is 5.78 Å². The van der Waals surface area contributed by atoms with Gasteiger partial charge in [-0.2, -0.15) is 0 Å². The molecular formula is C18H19NO2. The predicted octanol–water partition coefficient (Wildman–Crippen LogP) is 3.42. The van der Waals surface area contributed by atoms with E-state index >= 15 is 0 Å². The van der Waals surface area contributed by atoms with Crippen LogP contribution in [0.4, 0.5) is 5.69 Å². The van der Waals surface area contributed by atoms with Crippen molar-refractivity contribution in [1.29, 1.82) is 0 Å². The summed E-state index contributed by atoms with van der Waals surface area (Å²) in [5.41, 5.74) is 3.16. The van der Waals surface area contributed by atoms with Crippen molar-refractivity contribution in [2.75, 3.05) is 18.0 Å². The number of Topliss-reactive ketones (excluding diaryl/α,β-unsaturated/α-hetero) is 1. The summed E-state index contributed by atoms with van der Waals surface area (Å²) in [6, 6.07) is 14.8. The van der Waals surface area contributed by atoms with Gasteiger partial charge < -0.3 is 10.0 Å². The molecule has 0 saturated carbocycles. The molecule has 1 heterocycles. The molecule has 0 bridgehead atoms. The smallest absolute Gasteiger partial charge is 0.182 e. The van der Waals surface area contributed by atoms with E-state index in [4.69, 9.17) is 0 Å². The van der Waals surface area contributed by atoms with Crippen LogP contribution >= 0.6 is 0 Å². The topological polar surface area (TPSA) is 40.5 Å². The van der Waals surface area contributed by atoms with Crippen LogP contribution in [-0.4, -0.2) is 24.0 Å². The van der Waals surface area contributed by atoms with Crippen molar-refractivity contribution in [1.82, 2.24) is 0 Å². The van der Waals surface area contributed by atoms with Gasteiger partial charge in [0.05, 0.1) is 6.54 Å². The number of phenolic OH excluding ortho intramolecular Hbond substituents is 1. The molecule has 0 aliphatic carbocycles. The first-order valence-corrected chi connectivity index (χ1v) is 7.39. The molecule has 2 aromatic carbocycles. The van der Waals surface area contributed by atoms with Gasteiger partial charge in [-0.25, -0.2) is 0 Å². The number of fused-ring (bicyclic) bond motifs is 1. The van der Waals surface area contributed by atoms with Crippen LogP contribution < -0.4 is 4.90 Å². The molecule has 1 N–H and O–H groups in total. The van der Waals surface area contributed by atoms with Crippen LogP contribution in [0.15, 0.2) is 48.5 Å². The normalized spacial score (nSPS) is 14.4. The number of anilines is 1. The number of hydrogen-bond donors (Lipinski definition) is 1. The molecule has 0 fully saturated rings. The van der Waals surface area contributed by atoms with E-state index in [0.29, 0.717) is 12.1 Å². The van der Waals surface area contributed by atoms with E-state index < -0.39 is 0 Å². The maximum atomic E-state index is 12.4. The first-order chi connectivity index (χ1) is 10.2. The number of carbonyl (C=O) groups is 1. The molecule has 3 heteroatoms. The summed E-state index contributed by atoms with van der Waals surface area (Å²) in [5, 5.41) is 9.31. The Morgan fingerprint density at radius 1 is 1.05 bits per heavy atom. The molecule has 0 unspecified atom stereocenters. The Bertz CT molecular complexity index is 634. The Labute approximate surface area is 124 Å². The van der Waals surface area contributed by atoms with Gasteiger partial charge in [-0.15, -0.1) is 0 Å². The van der Waals surface area contributed by atoms with Gasteiger partial charge in [0, 0.05) is 17.8 Å². The first-order valence-electron chi connectivity index (χ1n) is 7.39. The van der Waals surface area contributed by atoms with E-state index in [1.54, 1.807) is 24.3 Å². The third-order valence-corrected chi connectivity index (χ3v) is 3.98. The van der Waals surface area contributed by atoms with Gasteiger partial charge in [-0.3, -0.25) is 4.79 Å². The third-order valence-electron chi connectivity index (χ3n) is 3.98. The Morgan fingerprint density at radius 2 is 1.81 bits per heavy atom. The minimum Gasteiger partial charge on any atom is -0.508 e. The molecule has 3 nitrogen and oxygen atoms in total. The third kappa shape index (κ3) is 3.07. The van der Waals surface area contributed by atoms with Crippen molar-refractivity contribution >= 4 is 11.5 Å². The van der Waals surface area contributed by atoms with Crippen LogP contribution in [0.2, 0.25) is 0 Å². The molecule has 3 rings (SSSR count). The monoisotopic (exact) mass is 281 g/mol. The first kappa shape index (κ1) is 13.7. The number of aromatic hydroxyl groups is 1. The Kier molecular flexibility index (Phi) is 3.91. The highest BCUT2D eigenvalue weighted by Crippen LogP contribution is 2.26. The fourth-order valence-electron chi connectivity index (χ4n) is 2.85. The largest absolute Gasteiger partial charge is 0.508 e. The standard InChI is InChI=1S/C18H19NO2/c20-16-10-8-15(9-11-16)18(21)13-19-12-4-3-6-14-5-1-2-7-17(14)19/h1-2,5,7-11,20H,3-4,6,12-13H2. The van der Waals surface area contributed by atoms with Crippen LogP contribution in [-0.2, 0) is 6.42 Å². The number of phenols is 1. The zero-order valence-corrected chi connectivity index (χ0v) is 12.0. The van der Waals surface area contributed by atoms with Gasteiger partial charge in [-0.1, -0.05) is 18.2 Å². The highest BCUT2D eigenvalue weighted by Gasteiger charge is 2.18. The Balaban J connectivity index is 1.81. The van der Waals surface area contributed by atoms with E-state index in [-0.39, 0.29) is 11.5 Å². The molecule has 0 saturated heterocycles. The minimum absolute atomic E-state index is 0.0895. The second-order valence-electron chi connectivity index (χ2n) is 5.48. The molecule has 21 heavy (non-hydrogen) atoms. The second kappa shape index (κ2) is 6.00. The van der Waals surface area contributed by atoms with Gasteiger partial charge in [0.25, 0.3) is 0 Å².